The number of nitrogen functional groups attached to an aromatic ring is 1. The lowest BCUT2D eigenvalue weighted by Gasteiger charge is -2.26. The highest BCUT2D eigenvalue weighted by atomic mass is 35.5. The monoisotopic (exact) mass is 292 g/mol. The first-order valence-corrected chi connectivity index (χ1v) is 7.10. The van der Waals surface area contributed by atoms with Gasteiger partial charge in [-0.15, -0.1) is 11.3 Å². The Hall–Kier alpha value is -1.59. The molecule has 2 heterocycles. The van der Waals surface area contributed by atoms with E-state index in [0.29, 0.717) is 11.0 Å². The smallest absolute Gasteiger partial charge is 0.202 e. The maximum atomic E-state index is 6.17. The second kappa shape index (κ2) is 4.21. The third-order valence-electron chi connectivity index (χ3n) is 3.18. The predicted octanol–water partition coefficient (Wildman–Crippen LogP) is 3.51. The second-order valence-corrected chi connectivity index (χ2v) is 6.11. The van der Waals surface area contributed by atoms with Crippen molar-refractivity contribution in [2.75, 3.05) is 5.73 Å². The molecule has 0 fully saturated rings. The summed E-state index contributed by atoms with van der Waals surface area (Å²) >= 11 is 7.77. The number of rotatable bonds is 2. The molecule has 0 saturated carbocycles. The molecule has 0 unspecified atom stereocenters. The molecule has 1 aromatic carbocycles. The molecule has 0 aliphatic carbocycles. The molecule has 0 aliphatic rings. The first-order chi connectivity index (χ1) is 9.01. The third-order valence-corrected chi connectivity index (χ3v) is 4.57. The lowest BCUT2D eigenvalue weighted by Crippen LogP contribution is -2.28. The number of fused-ring (bicyclic) bond motifs is 1. The summed E-state index contributed by atoms with van der Waals surface area (Å²) in [5.74, 6) is 0.448. The fraction of sp³-hybridized carbons (Fsp3) is 0.231. The maximum Gasteiger partial charge on any atom is 0.202 e. The van der Waals surface area contributed by atoms with E-state index >= 15 is 0 Å². The van der Waals surface area contributed by atoms with Gasteiger partial charge in [0.05, 0.1) is 16.1 Å². The molecule has 4 nitrogen and oxygen atoms in total. The number of imidazole rings is 1. The van der Waals surface area contributed by atoms with E-state index in [0.717, 1.165) is 16.0 Å². The lowest BCUT2D eigenvalue weighted by molar-refractivity contribution is 0.452. The summed E-state index contributed by atoms with van der Waals surface area (Å²) in [6.07, 6.45) is 1.80. The Bertz CT molecular complexity index is 731. The standard InChI is InChI=1S/C13H13ClN4S/c1-13(2,11-16-6-7-19-11)18-9-5-3-4-8(14)10(9)17-12(18)15/h3-7H,1-2H3,(H2,15,17). The van der Waals surface area contributed by atoms with Crippen molar-refractivity contribution in [2.45, 2.75) is 19.4 Å². The van der Waals surface area contributed by atoms with Crippen LogP contribution in [0.2, 0.25) is 5.02 Å². The fourth-order valence-electron chi connectivity index (χ4n) is 2.29. The summed E-state index contributed by atoms with van der Waals surface area (Å²) in [6, 6.07) is 5.69. The van der Waals surface area contributed by atoms with Gasteiger partial charge < -0.3 is 5.73 Å². The normalized spacial score (nSPS) is 12.2. The Kier molecular flexibility index (Phi) is 2.76. The van der Waals surface area contributed by atoms with Crippen LogP contribution >= 0.6 is 22.9 Å². The van der Waals surface area contributed by atoms with Crippen LogP contribution in [0, 0.1) is 0 Å². The molecular weight excluding hydrogens is 280 g/mol. The zero-order valence-electron chi connectivity index (χ0n) is 10.6. The van der Waals surface area contributed by atoms with Crippen molar-refractivity contribution in [3.8, 4) is 0 Å². The predicted molar refractivity (Wildman–Crippen MR) is 79.7 cm³/mol. The van der Waals surface area contributed by atoms with Gasteiger partial charge in [-0.3, -0.25) is 4.57 Å². The highest BCUT2D eigenvalue weighted by Gasteiger charge is 2.30. The number of nitrogens with zero attached hydrogens (tertiary/aromatic N) is 3. The number of nitrogens with two attached hydrogens (primary N) is 1. The van der Waals surface area contributed by atoms with E-state index in [-0.39, 0.29) is 5.54 Å². The number of halogens is 1. The van der Waals surface area contributed by atoms with E-state index in [2.05, 4.69) is 23.8 Å². The summed E-state index contributed by atoms with van der Waals surface area (Å²) in [4.78, 5) is 8.77. The van der Waals surface area contributed by atoms with Crippen molar-refractivity contribution in [3.63, 3.8) is 0 Å². The fourth-order valence-corrected chi connectivity index (χ4v) is 3.26. The molecule has 0 spiro atoms. The van der Waals surface area contributed by atoms with Crippen molar-refractivity contribution in [1.82, 2.24) is 14.5 Å². The average Bonchev–Trinajstić information content (AvgIpc) is 2.96. The minimum atomic E-state index is -0.363. The van der Waals surface area contributed by atoms with Gasteiger partial charge in [-0.05, 0) is 26.0 Å². The Balaban J connectivity index is 2.31. The summed E-state index contributed by atoms with van der Waals surface area (Å²) in [7, 11) is 0. The van der Waals surface area contributed by atoms with Gasteiger partial charge in [0.25, 0.3) is 0 Å². The summed E-state index contributed by atoms with van der Waals surface area (Å²) in [5, 5.41) is 3.55. The van der Waals surface area contributed by atoms with Crippen LogP contribution in [0.3, 0.4) is 0 Å². The first-order valence-electron chi connectivity index (χ1n) is 5.84. The van der Waals surface area contributed by atoms with Gasteiger partial charge in [0.1, 0.15) is 10.5 Å². The highest BCUT2D eigenvalue weighted by molar-refractivity contribution is 7.09. The highest BCUT2D eigenvalue weighted by Crippen LogP contribution is 2.35. The van der Waals surface area contributed by atoms with Gasteiger partial charge in [-0.2, -0.15) is 0 Å². The van der Waals surface area contributed by atoms with E-state index < -0.39 is 0 Å². The van der Waals surface area contributed by atoms with Crippen LogP contribution in [0.15, 0.2) is 29.8 Å². The van der Waals surface area contributed by atoms with Crippen LogP contribution in [0.25, 0.3) is 11.0 Å². The van der Waals surface area contributed by atoms with Crippen LogP contribution in [0.4, 0.5) is 5.95 Å². The van der Waals surface area contributed by atoms with Gasteiger partial charge in [0.15, 0.2) is 0 Å². The Morgan fingerprint density at radius 1 is 1.37 bits per heavy atom. The van der Waals surface area contributed by atoms with Crippen LogP contribution in [0.1, 0.15) is 18.9 Å². The number of benzene rings is 1. The minimum Gasteiger partial charge on any atom is -0.369 e. The van der Waals surface area contributed by atoms with Crippen molar-refractivity contribution in [1.29, 1.82) is 0 Å². The van der Waals surface area contributed by atoms with Gasteiger partial charge in [0.2, 0.25) is 5.95 Å². The Labute approximate surface area is 119 Å². The SMILES string of the molecule is CC(C)(c1nccs1)n1c(N)nc2c(Cl)cccc21. The zero-order valence-corrected chi connectivity index (χ0v) is 12.2. The van der Waals surface area contributed by atoms with E-state index in [9.17, 15) is 0 Å². The number of anilines is 1. The van der Waals surface area contributed by atoms with Crippen LogP contribution in [-0.2, 0) is 5.54 Å². The third kappa shape index (κ3) is 1.81. The molecule has 0 bridgehead atoms. The van der Waals surface area contributed by atoms with Crippen molar-refractivity contribution >= 4 is 39.9 Å². The quantitative estimate of drug-likeness (QED) is 0.786. The Morgan fingerprint density at radius 3 is 2.84 bits per heavy atom. The molecule has 3 aromatic rings. The molecular formula is C13H13ClN4S. The largest absolute Gasteiger partial charge is 0.369 e. The van der Waals surface area contributed by atoms with E-state index in [4.69, 9.17) is 17.3 Å². The molecule has 0 aliphatic heterocycles. The van der Waals surface area contributed by atoms with Crippen LogP contribution in [0.5, 0.6) is 0 Å². The van der Waals surface area contributed by atoms with Gasteiger partial charge >= 0.3 is 0 Å². The molecule has 2 N–H and O–H groups in total. The van der Waals surface area contributed by atoms with Gasteiger partial charge in [0, 0.05) is 11.6 Å². The number of hydrogen-bond donors (Lipinski definition) is 1. The minimum absolute atomic E-state index is 0.363. The maximum absolute atomic E-state index is 6.17. The van der Waals surface area contributed by atoms with Crippen molar-refractivity contribution in [2.24, 2.45) is 0 Å². The lowest BCUT2D eigenvalue weighted by atomic mass is 10.1. The summed E-state index contributed by atoms with van der Waals surface area (Å²) in [6.45, 7) is 4.15. The van der Waals surface area contributed by atoms with Crippen molar-refractivity contribution in [3.05, 3.63) is 39.8 Å². The topological polar surface area (TPSA) is 56.7 Å². The Morgan fingerprint density at radius 2 is 2.16 bits per heavy atom. The number of aromatic nitrogens is 3. The summed E-state index contributed by atoms with van der Waals surface area (Å²) in [5.41, 5.74) is 7.37. The molecule has 0 atom stereocenters. The first kappa shape index (κ1) is 12.4. The van der Waals surface area contributed by atoms with Crippen LogP contribution in [-0.4, -0.2) is 14.5 Å². The second-order valence-electron chi connectivity index (χ2n) is 4.81. The number of hydrogen-bond acceptors (Lipinski definition) is 4. The molecule has 98 valence electrons. The number of thiazole rings is 1. The van der Waals surface area contributed by atoms with E-state index in [1.165, 1.54) is 0 Å². The zero-order chi connectivity index (χ0) is 13.6. The molecule has 6 heteroatoms. The molecule has 0 radical (unpaired) electrons. The number of para-hydroxylation sites is 1. The summed E-state index contributed by atoms with van der Waals surface area (Å²) < 4.78 is 1.98. The molecule has 19 heavy (non-hydrogen) atoms. The molecule has 0 saturated heterocycles. The molecule has 3 rings (SSSR count). The van der Waals surface area contributed by atoms with E-state index in [1.54, 1.807) is 17.5 Å². The van der Waals surface area contributed by atoms with Gasteiger partial charge in [-0.1, -0.05) is 17.7 Å². The molecule has 0 amide bonds. The van der Waals surface area contributed by atoms with Crippen molar-refractivity contribution < 1.29 is 0 Å². The molecule has 2 aromatic heterocycles. The average molecular weight is 293 g/mol. The van der Waals surface area contributed by atoms with Gasteiger partial charge in [-0.25, -0.2) is 9.97 Å². The van der Waals surface area contributed by atoms with Crippen LogP contribution < -0.4 is 5.73 Å². The van der Waals surface area contributed by atoms with E-state index in [1.807, 2.05) is 28.1 Å².